The van der Waals surface area contributed by atoms with E-state index in [4.69, 9.17) is 0 Å². The van der Waals surface area contributed by atoms with Gasteiger partial charge in [-0.1, -0.05) is 5.16 Å². The van der Waals surface area contributed by atoms with Crippen molar-refractivity contribution < 1.29 is 14.1 Å². The summed E-state index contributed by atoms with van der Waals surface area (Å²) >= 11 is 0. The molecule has 80 valence electrons. The predicted molar refractivity (Wildman–Crippen MR) is 49.9 cm³/mol. The van der Waals surface area contributed by atoms with Crippen LogP contribution in [0.3, 0.4) is 0 Å². The van der Waals surface area contributed by atoms with Gasteiger partial charge in [0, 0.05) is 6.54 Å². The zero-order chi connectivity index (χ0) is 10.7. The highest BCUT2D eigenvalue weighted by molar-refractivity contribution is 5.96. The molecule has 7 nitrogen and oxygen atoms in total. The summed E-state index contributed by atoms with van der Waals surface area (Å²) in [6.07, 6.45) is 2.73. The van der Waals surface area contributed by atoms with Crippen LogP contribution in [0.25, 0.3) is 0 Å². The Labute approximate surface area is 85.2 Å². The van der Waals surface area contributed by atoms with E-state index in [0.717, 1.165) is 0 Å². The normalized spacial score (nSPS) is 20.8. The van der Waals surface area contributed by atoms with Crippen molar-refractivity contribution in [2.75, 3.05) is 18.4 Å². The number of aromatic nitrogens is 1. The largest absolute Gasteiger partial charge is 0.363 e. The van der Waals surface area contributed by atoms with Crippen molar-refractivity contribution in [1.29, 1.82) is 0 Å². The second-order valence-electron chi connectivity index (χ2n) is 3.14. The van der Waals surface area contributed by atoms with Crippen molar-refractivity contribution in [2.45, 2.75) is 6.04 Å². The lowest BCUT2D eigenvalue weighted by Crippen LogP contribution is -2.56. The van der Waals surface area contributed by atoms with Crippen LogP contribution < -0.4 is 16.0 Å². The molecule has 2 heterocycles. The molecule has 2 rings (SSSR count). The van der Waals surface area contributed by atoms with Crippen molar-refractivity contribution in [3.63, 3.8) is 0 Å². The third-order valence-corrected chi connectivity index (χ3v) is 2.03. The van der Waals surface area contributed by atoms with Gasteiger partial charge in [0.15, 0.2) is 0 Å². The minimum atomic E-state index is -0.419. The molecule has 1 aliphatic heterocycles. The Morgan fingerprint density at radius 1 is 1.67 bits per heavy atom. The summed E-state index contributed by atoms with van der Waals surface area (Å²) in [7, 11) is 0. The fourth-order valence-electron chi connectivity index (χ4n) is 1.25. The number of hydrogen-bond acceptors (Lipinski definition) is 5. The van der Waals surface area contributed by atoms with E-state index in [2.05, 4.69) is 25.6 Å². The number of hydrogen-bond donors (Lipinski definition) is 3. The minimum Gasteiger partial charge on any atom is -0.363 e. The molecule has 0 aliphatic carbocycles. The van der Waals surface area contributed by atoms with Crippen LogP contribution in [0, 0.1) is 0 Å². The van der Waals surface area contributed by atoms with Gasteiger partial charge in [-0.15, -0.1) is 0 Å². The molecule has 1 unspecified atom stereocenters. The van der Waals surface area contributed by atoms with Gasteiger partial charge in [-0.25, -0.2) is 0 Å². The van der Waals surface area contributed by atoms with Crippen molar-refractivity contribution >= 4 is 17.5 Å². The molecule has 1 aromatic rings. The van der Waals surface area contributed by atoms with E-state index in [1.165, 1.54) is 12.5 Å². The van der Waals surface area contributed by atoms with Crippen LogP contribution in [0.2, 0.25) is 0 Å². The molecule has 1 saturated heterocycles. The Balaban J connectivity index is 1.89. The molecule has 1 aliphatic rings. The summed E-state index contributed by atoms with van der Waals surface area (Å²) in [5.74, 6) is -0.331. The van der Waals surface area contributed by atoms with Gasteiger partial charge in [-0.2, -0.15) is 0 Å². The van der Waals surface area contributed by atoms with Crippen LogP contribution in [0.4, 0.5) is 5.69 Å². The van der Waals surface area contributed by atoms with E-state index in [1.54, 1.807) is 0 Å². The second-order valence-corrected chi connectivity index (χ2v) is 3.14. The van der Waals surface area contributed by atoms with Gasteiger partial charge in [0.05, 0.1) is 12.7 Å². The minimum absolute atomic E-state index is 0.107. The number of carbonyl (C=O) groups is 2. The molecular weight excluding hydrogens is 200 g/mol. The van der Waals surface area contributed by atoms with Crippen LogP contribution in [0.15, 0.2) is 17.0 Å². The van der Waals surface area contributed by atoms with Crippen LogP contribution in [-0.4, -0.2) is 36.1 Å². The first-order valence-corrected chi connectivity index (χ1v) is 4.46. The number of amides is 2. The molecule has 1 aromatic heterocycles. The van der Waals surface area contributed by atoms with E-state index >= 15 is 0 Å². The third kappa shape index (κ3) is 2.32. The zero-order valence-electron chi connectivity index (χ0n) is 7.82. The molecule has 0 radical (unpaired) electrons. The highest BCUT2D eigenvalue weighted by Crippen LogP contribution is 2.04. The van der Waals surface area contributed by atoms with Crippen molar-refractivity contribution in [1.82, 2.24) is 15.8 Å². The Kier molecular flexibility index (Phi) is 2.64. The average Bonchev–Trinajstić information content (AvgIpc) is 2.71. The molecule has 15 heavy (non-hydrogen) atoms. The Morgan fingerprint density at radius 2 is 2.53 bits per heavy atom. The van der Waals surface area contributed by atoms with Gasteiger partial charge < -0.3 is 15.2 Å². The first-order chi connectivity index (χ1) is 7.25. The maximum atomic E-state index is 11.6. The van der Waals surface area contributed by atoms with E-state index < -0.39 is 6.04 Å². The topological polar surface area (TPSA) is 96.3 Å². The molecule has 3 N–H and O–H groups in total. The molecule has 0 spiro atoms. The number of piperazine rings is 1. The average molecular weight is 210 g/mol. The molecule has 7 heteroatoms. The number of anilines is 1. The maximum absolute atomic E-state index is 11.6. The fourth-order valence-corrected chi connectivity index (χ4v) is 1.25. The Hall–Kier alpha value is -1.89. The first-order valence-electron chi connectivity index (χ1n) is 4.46. The van der Waals surface area contributed by atoms with Crippen molar-refractivity contribution in [3.05, 3.63) is 12.5 Å². The maximum Gasteiger partial charge on any atom is 0.243 e. The van der Waals surface area contributed by atoms with Gasteiger partial charge in [0.1, 0.15) is 18.0 Å². The summed E-state index contributed by atoms with van der Waals surface area (Å²) in [5, 5.41) is 11.4. The quantitative estimate of drug-likeness (QED) is 0.564. The number of carbonyl (C=O) groups excluding carboxylic acids is 2. The molecule has 0 saturated carbocycles. The highest BCUT2D eigenvalue weighted by atomic mass is 16.5. The van der Waals surface area contributed by atoms with E-state index in [0.29, 0.717) is 5.69 Å². The lowest BCUT2D eigenvalue weighted by molar-refractivity contribution is -0.124. The summed E-state index contributed by atoms with van der Waals surface area (Å²) < 4.78 is 4.56. The Bertz CT molecular complexity index is 352. The molecule has 0 bridgehead atoms. The van der Waals surface area contributed by atoms with Gasteiger partial charge in [0.2, 0.25) is 11.8 Å². The standard InChI is InChI=1S/C8H10N4O3/c13-7-3-9-6(2-10-7)8(14)12-5-1-11-15-4-5/h1,4,6,9H,2-3H2,(H,10,13)(H,12,14). The number of nitrogens with zero attached hydrogens (tertiary/aromatic N) is 1. The lowest BCUT2D eigenvalue weighted by atomic mass is 10.2. The van der Waals surface area contributed by atoms with Crippen LogP contribution >= 0.6 is 0 Å². The SMILES string of the molecule is O=C1CNC(C(=O)Nc2cnoc2)CN1. The summed E-state index contributed by atoms with van der Waals surface area (Å²) in [6.45, 7) is 0.442. The number of nitrogens with one attached hydrogen (secondary N) is 3. The monoisotopic (exact) mass is 210 g/mol. The zero-order valence-corrected chi connectivity index (χ0v) is 7.82. The van der Waals surface area contributed by atoms with Crippen molar-refractivity contribution in [2.24, 2.45) is 0 Å². The third-order valence-electron chi connectivity index (χ3n) is 2.03. The highest BCUT2D eigenvalue weighted by Gasteiger charge is 2.23. The summed E-state index contributed by atoms with van der Waals surface area (Å²) in [4.78, 5) is 22.4. The fraction of sp³-hybridized carbons (Fsp3) is 0.375. The van der Waals surface area contributed by atoms with Gasteiger partial charge in [-0.3, -0.25) is 14.9 Å². The molecule has 1 atom stereocenters. The van der Waals surface area contributed by atoms with Gasteiger partial charge in [-0.05, 0) is 0 Å². The van der Waals surface area contributed by atoms with Gasteiger partial charge >= 0.3 is 0 Å². The molecule has 2 amide bonds. The molecule has 0 aromatic carbocycles. The predicted octanol–water partition coefficient (Wildman–Crippen LogP) is -1.30. The molecular formula is C8H10N4O3. The van der Waals surface area contributed by atoms with E-state index in [1.807, 2.05) is 0 Å². The number of rotatable bonds is 2. The Morgan fingerprint density at radius 3 is 3.13 bits per heavy atom. The van der Waals surface area contributed by atoms with Crippen LogP contribution in [-0.2, 0) is 9.59 Å². The van der Waals surface area contributed by atoms with E-state index in [-0.39, 0.29) is 24.9 Å². The lowest BCUT2D eigenvalue weighted by Gasteiger charge is -2.22. The summed E-state index contributed by atoms with van der Waals surface area (Å²) in [5.41, 5.74) is 0.499. The van der Waals surface area contributed by atoms with Gasteiger partial charge in [0.25, 0.3) is 0 Å². The van der Waals surface area contributed by atoms with E-state index in [9.17, 15) is 9.59 Å². The smallest absolute Gasteiger partial charge is 0.243 e. The van der Waals surface area contributed by atoms with Crippen LogP contribution in [0.1, 0.15) is 0 Å². The van der Waals surface area contributed by atoms with Crippen molar-refractivity contribution in [3.8, 4) is 0 Å². The van der Waals surface area contributed by atoms with Crippen LogP contribution in [0.5, 0.6) is 0 Å². The first kappa shape index (κ1) is 9.66. The summed E-state index contributed by atoms with van der Waals surface area (Å²) in [6, 6.07) is -0.419. The molecule has 1 fully saturated rings. The second kappa shape index (κ2) is 4.09.